The minimum atomic E-state index is 0.285. The van der Waals surface area contributed by atoms with Crippen LogP contribution >= 0.6 is 0 Å². The molecule has 0 aliphatic carbocycles. The molecule has 0 amide bonds. The highest BCUT2D eigenvalue weighted by atomic mass is 16.5. The van der Waals surface area contributed by atoms with Gasteiger partial charge in [-0.3, -0.25) is 0 Å². The van der Waals surface area contributed by atoms with Crippen molar-refractivity contribution in [3.63, 3.8) is 0 Å². The van der Waals surface area contributed by atoms with Crippen LogP contribution in [0.5, 0.6) is 5.75 Å². The van der Waals surface area contributed by atoms with Gasteiger partial charge in [0, 0.05) is 46.2 Å². The number of rotatable bonds is 1. The predicted octanol–water partition coefficient (Wildman–Crippen LogP) is 1.70. The number of benzene rings is 1. The van der Waals surface area contributed by atoms with E-state index in [1.165, 1.54) is 11.4 Å². The summed E-state index contributed by atoms with van der Waals surface area (Å²) in [5.74, 6) is 1.07. The van der Waals surface area contributed by atoms with Crippen LogP contribution in [0.1, 0.15) is 13.3 Å². The van der Waals surface area contributed by atoms with Crippen molar-refractivity contribution in [2.75, 3.05) is 49.6 Å². The number of hydrogen-bond donors (Lipinski definition) is 1. The fraction of sp³-hybridized carbons (Fsp3) is 0.600. The van der Waals surface area contributed by atoms with Gasteiger partial charge in [-0.1, -0.05) is 6.07 Å². The van der Waals surface area contributed by atoms with Gasteiger partial charge in [-0.05, 0) is 19.1 Å². The Morgan fingerprint density at radius 3 is 2.68 bits per heavy atom. The molecule has 19 heavy (non-hydrogen) atoms. The molecule has 0 spiro atoms. The molecular weight excluding hydrogens is 238 g/mol. The summed E-state index contributed by atoms with van der Waals surface area (Å²) in [4.78, 5) is 4.74. The second-order valence-electron chi connectivity index (χ2n) is 5.50. The molecule has 104 valence electrons. The smallest absolute Gasteiger partial charge is 0.166 e. The van der Waals surface area contributed by atoms with Crippen molar-refractivity contribution in [1.29, 1.82) is 0 Å². The Balaban J connectivity index is 1.98. The van der Waals surface area contributed by atoms with E-state index in [1.807, 2.05) is 0 Å². The Hall–Kier alpha value is -1.42. The van der Waals surface area contributed by atoms with Crippen LogP contribution in [0, 0.1) is 0 Å². The lowest BCUT2D eigenvalue weighted by Crippen LogP contribution is -2.43. The Kier molecular flexibility index (Phi) is 3.51. The summed E-state index contributed by atoms with van der Waals surface area (Å²) in [5, 5.41) is 3.40. The van der Waals surface area contributed by atoms with E-state index >= 15 is 0 Å². The van der Waals surface area contributed by atoms with Crippen molar-refractivity contribution < 1.29 is 4.74 Å². The van der Waals surface area contributed by atoms with Crippen molar-refractivity contribution in [1.82, 2.24) is 5.32 Å². The largest absolute Gasteiger partial charge is 0.486 e. The third kappa shape index (κ3) is 2.50. The molecule has 1 atom stereocenters. The van der Waals surface area contributed by atoms with Crippen molar-refractivity contribution in [2.24, 2.45) is 0 Å². The van der Waals surface area contributed by atoms with Crippen LogP contribution in [-0.4, -0.2) is 45.9 Å². The average Bonchev–Trinajstić information content (AvgIpc) is 2.59. The first-order valence-corrected chi connectivity index (χ1v) is 7.22. The van der Waals surface area contributed by atoms with Gasteiger partial charge in [0.05, 0.1) is 17.5 Å². The molecule has 0 bridgehead atoms. The van der Waals surface area contributed by atoms with E-state index in [9.17, 15) is 0 Å². The fourth-order valence-corrected chi connectivity index (χ4v) is 2.85. The molecule has 1 fully saturated rings. The Morgan fingerprint density at radius 1 is 1.16 bits per heavy atom. The topological polar surface area (TPSA) is 27.7 Å². The lowest BCUT2D eigenvalue weighted by molar-refractivity contribution is 0.221. The summed E-state index contributed by atoms with van der Waals surface area (Å²) in [6.07, 6.45) is 1.36. The molecular formula is C15H23N3O. The van der Waals surface area contributed by atoms with Crippen LogP contribution < -0.4 is 19.9 Å². The molecule has 3 rings (SSSR count). The van der Waals surface area contributed by atoms with E-state index in [4.69, 9.17) is 4.74 Å². The Morgan fingerprint density at radius 2 is 1.89 bits per heavy atom. The third-order valence-electron chi connectivity index (χ3n) is 4.03. The Labute approximate surface area is 115 Å². The zero-order valence-corrected chi connectivity index (χ0v) is 11.9. The third-order valence-corrected chi connectivity index (χ3v) is 4.03. The summed E-state index contributed by atoms with van der Waals surface area (Å²) < 4.78 is 6.21. The molecule has 0 aromatic heterocycles. The summed E-state index contributed by atoms with van der Waals surface area (Å²) >= 11 is 0. The summed E-state index contributed by atoms with van der Waals surface area (Å²) in [7, 11) is 2.15. The second kappa shape index (κ2) is 5.29. The van der Waals surface area contributed by atoms with Crippen LogP contribution in [-0.2, 0) is 0 Å². The van der Waals surface area contributed by atoms with Crippen molar-refractivity contribution in [2.45, 2.75) is 19.4 Å². The first-order valence-electron chi connectivity index (χ1n) is 7.22. The number of fused-ring (bicyclic) bond motifs is 1. The van der Waals surface area contributed by atoms with E-state index in [0.29, 0.717) is 0 Å². The first-order chi connectivity index (χ1) is 9.25. The normalized spacial score (nSPS) is 23.6. The van der Waals surface area contributed by atoms with E-state index in [2.05, 4.69) is 47.3 Å². The van der Waals surface area contributed by atoms with Crippen molar-refractivity contribution in [3.05, 3.63) is 18.2 Å². The number of anilines is 2. The highest BCUT2D eigenvalue weighted by Gasteiger charge is 2.23. The minimum absolute atomic E-state index is 0.285. The van der Waals surface area contributed by atoms with E-state index in [1.54, 1.807) is 0 Å². The van der Waals surface area contributed by atoms with Crippen LogP contribution in [0.3, 0.4) is 0 Å². The number of ether oxygens (including phenoxy) is 1. The summed E-state index contributed by atoms with van der Waals surface area (Å²) in [5.41, 5.74) is 2.47. The number of piperazine rings is 1. The molecule has 0 saturated carbocycles. The quantitative estimate of drug-likeness (QED) is 0.833. The monoisotopic (exact) mass is 261 g/mol. The van der Waals surface area contributed by atoms with Gasteiger partial charge < -0.3 is 19.9 Å². The summed E-state index contributed by atoms with van der Waals surface area (Å²) in [6.45, 7) is 7.43. The zero-order valence-electron chi connectivity index (χ0n) is 11.9. The SMILES string of the molecule is CC1CCN(C)c2cccc(N3CCNCC3)c2O1. The molecule has 1 unspecified atom stereocenters. The van der Waals surface area contributed by atoms with Gasteiger partial charge in [-0.15, -0.1) is 0 Å². The highest BCUT2D eigenvalue weighted by molar-refractivity contribution is 5.73. The molecule has 4 nitrogen and oxygen atoms in total. The standard InChI is InChI=1S/C15H23N3O/c1-12-6-9-17(2)13-4-3-5-14(15(13)19-12)18-10-7-16-8-11-18/h3-5,12,16H,6-11H2,1-2H3. The molecule has 1 aromatic rings. The molecule has 2 heterocycles. The summed E-state index contributed by atoms with van der Waals surface area (Å²) in [6, 6.07) is 6.50. The Bertz CT molecular complexity index is 443. The van der Waals surface area contributed by atoms with Gasteiger partial charge in [0.15, 0.2) is 5.75 Å². The maximum atomic E-state index is 6.21. The van der Waals surface area contributed by atoms with Crippen LogP contribution in [0.2, 0.25) is 0 Å². The van der Waals surface area contributed by atoms with Crippen LogP contribution in [0.4, 0.5) is 11.4 Å². The molecule has 1 N–H and O–H groups in total. The fourth-order valence-electron chi connectivity index (χ4n) is 2.85. The number of nitrogens with zero attached hydrogens (tertiary/aromatic N) is 2. The van der Waals surface area contributed by atoms with Gasteiger partial charge in [0.2, 0.25) is 0 Å². The minimum Gasteiger partial charge on any atom is -0.486 e. The molecule has 1 saturated heterocycles. The van der Waals surface area contributed by atoms with Gasteiger partial charge in [0.25, 0.3) is 0 Å². The predicted molar refractivity (Wildman–Crippen MR) is 79.5 cm³/mol. The van der Waals surface area contributed by atoms with E-state index in [0.717, 1.165) is 44.9 Å². The van der Waals surface area contributed by atoms with Crippen LogP contribution in [0.15, 0.2) is 18.2 Å². The zero-order chi connectivity index (χ0) is 13.2. The molecule has 2 aliphatic rings. The van der Waals surface area contributed by atoms with Crippen LogP contribution in [0.25, 0.3) is 0 Å². The van der Waals surface area contributed by atoms with Gasteiger partial charge in [0.1, 0.15) is 0 Å². The lowest BCUT2D eigenvalue weighted by Gasteiger charge is -2.32. The number of para-hydroxylation sites is 1. The lowest BCUT2D eigenvalue weighted by atomic mass is 10.2. The van der Waals surface area contributed by atoms with Crippen molar-refractivity contribution >= 4 is 11.4 Å². The molecule has 1 aromatic carbocycles. The van der Waals surface area contributed by atoms with Crippen molar-refractivity contribution in [3.8, 4) is 5.75 Å². The molecule has 4 heteroatoms. The maximum Gasteiger partial charge on any atom is 0.166 e. The van der Waals surface area contributed by atoms with E-state index in [-0.39, 0.29) is 6.10 Å². The number of nitrogens with one attached hydrogen (secondary N) is 1. The molecule has 0 radical (unpaired) electrons. The highest BCUT2D eigenvalue weighted by Crippen LogP contribution is 2.40. The van der Waals surface area contributed by atoms with Gasteiger partial charge >= 0.3 is 0 Å². The molecule has 2 aliphatic heterocycles. The van der Waals surface area contributed by atoms with Gasteiger partial charge in [-0.25, -0.2) is 0 Å². The van der Waals surface area contributed by atoms with Gasteiger partial charge in [-0.2, -0.15) is 0 Å². The average molecular weight is 261 g/mol. The number of hydrogen-bond acceptors (Lipinski definition) is 4. The maximum absolute atomic E-state index is 6.21. The van der Waals surface area contributed by atoms with E-state index < -0.39 is 0 Å². The first kappa shape index (κ1) is 12.6. The second-order valence-corrected chi connectivity index (χ2v) is 5.50.